The summed E-state index contributed by atoms with van der Waals surface area (Å²) in [7, 11) is 0. The van der Waals surface area contributed by atoms with Crippen LogP contribution in [0.25, 0.3) is 17.0 Å². The van der Waals surface area contributed by atoms with Crippen molar-refractivity contribution in [2.75, 3.05) is 0 Å². The summed E-state index contributed by atoms with van der Waals surface area (Å²) in [4.78, 5) is 23.5. The topological polar surface area (TPSA) is 86.2 Å². The summed E-state index contributed by atoms with van der Waals surface area (Å²) in [6.45, 7) is 0. The van der Waals surface area contributed by atoms with Crippen LogP contribution in [-0.2, 0) is 0 Å². The van der Waals surface area contributed by atoms with Crippen molar-refractivity contribution in [1.82, 2.24) is 19.4 Å². The standard InChI is InChI=1S/C12H8ClN5O/c13-10-3-1-2-7(17-10)9-4-16-11-5-15-8(12(14)19)6-18(9)11/h1-6H,(H2,14,19). The summed E-state index contributed by atoms with van der Waals surface area (Å²) >= 11 is 5.87. The van der Waals surface area contributed by atoms with Gasteiger partial charge in [0.1, 0.15) is 10.8 Å². The maximum Gasteiger partial charge on any atom is 0.268 e. The number of halogens is 1. The van der Waals surface area contributed by atoms with Crippen LogP contribution in [0.3, 0.4) is 0 Å². The molecule has 0 aliphatic carbocycles. The Morgan fingerprint density at radius 3 is 2.84 bits per heavy atom. The summed E-state index contributed by atoms with van der Waals surface area (Å²) in [5.74, 6) is -0.597. The van der Waals surface area contributed by atoms with Gasteiger partial charge in [-0.3, -0.25) is 9.20 Å². The third-order valence-corrected chi connectivity index (χ3v) is 2.84. The fourth-order valence-corrected chi connectivity index (χ4v) is 1.92. The predicted octanol–water partition coefficient (Wildman–Crippen LogP) is 1.54. The summed E-state index contributed by atoms with van der Waals surface area (Å²) in [5, 5.41) is 0.386. The number of hydrogen-bond acceptors (Lipinski definition) is 4. The van der Waals surface area contributed by atoms with Crippen molar-refractivity contribution < 1.29 is 4.79 Å². The van der Waals surface area contributed by atoms with E-state index in [-0.39, 0.29) is 5.69 Å². The third-order valence-electron chi connectivity index (χ3n) is 2.63. The second-order valence-electron chi connectivity index (χ2n) is 3.85. The highest BCUT2D eigenvalue weighted by molar-refractivity contribution is 6.29. The SMILES string of the molecule is NC(=O)c1cn2c(-c3cccc(Cl)n3)cnc2cn1. The van der Waals surface area contributed by atoms with E-state index in [4.69, 9.17) is 17.3 Å². The molecule has 0 spiro atoms. The largest absolute Gasteiger partial charge is 0.364 e. The number of imidazole rings is 1. The molecule has 2 N–H and O–H groups in total. The zero-order valence-electron chi connectivity index (χ0n) is 9.62. The van der Waals surface area contributed by atoms with E-state index < -0.39 is 5.91 Å². The van der Waals surface area contributed by atoms with Gasteiger partial charge >= 0.3 is 0 Å². The molecule has 0 bridgehead atoms. The molecular formula is C12H8ClN5O. The number of nitrogens with zero attached hydrogens (tertiary/aromatic N) is 4. The molecule has 0 aliphatic rings. The highest BCUT2D eigenvalue weighted by Gasteiger charge is 2.10. The van der Waals surface area contributed by atoms with E-state index in [1.807, 2.05) is 0 Å². The van der Waals surface area contributed by atoms with Crippen LogP contribution in [-0.4, -0.2) is 25.3 Å². The lowest BCUT2D eigenvalue weighted by molar-refractivity contribution is 0.0995. The van der Waals surface area contributed by atoms with Gasteiger partial charge in [0.15, 0.2) is 5.65 Å². The first-order valence-electron chi connectivity index (χ1n) is 5.41. The van der Waals surface area contributed by atoms with Crippen molar-refractivity contribution in [3.05, 3.63) is 47.6 Å². The van der Waals surface area contributed by atoms with Crippen molar-refractivity contribution in [1.29, 1.82) is 0 Å². The molecule has 3 aromatic heterocycles. The molecule has 0 saturated heterocycles. The van der Waals surface area contributed by atoms with Gasteiger partial charge in [0, 0.05) is 6.20 Å². The van der Waals surface area contributed by atoms with E-state index in [0.717, 1.165) is 0 Å². The number of primary amides is 1. The molecule has 0 unspecified atom stereocenters. The zero-order chi connectivity index (χ0) is 13.4. The van der Waals surface area contributed by atoms with E-state index >= 15 is 0 Å². The van der Waals surface area contributed by atoms with Crippen LogP contribution in [0.15, 0.2) is 36.8 Å². The Kier molecular flexibility index (Phi) is 2.64. The number of hydrogen-bond donors (Lipinski definition) is 1. The lowest BCUT2D eigenvalue weighted by Crippen LogP contribution is -2.14. The lowest BCUT2D eigenvalue weighted by Gasteiger charge is -2.02. The predicted molar refractivity (Wildman–Crippen MR) is 69.7 cm³/mol. The molecule has 1 amide bonds. The van der Waals surface area contributed by atoms with Gasteiger partial charge in [-0.15, -0.1) is 0 Å². The van der Waals surface area contributed by atoms with Gasteiger partial charge in [-0.25, -0.2) is 15.0 Å². The number of rotatable bonds is 2. The normalized spacial score (nSPS) is 10.8. The first-order chi connectivity index (χ1) is 9.15. The fraction of sp³-hybridized carbons (Fsp3) is 0. The summed E-state index contributed by atoms with van der Waals surface area (Å²) in [5.41, 5.74) is 7.34. The van der Waals surface area contributed by atoms with E-state index in [1.165, 1.54) is 12.4 Å². The van der Waals surface area contributed by atoms with Gasteiger partial charge in [0.2, 0.25) is 0 Å². The Bertz CT molecular complexity index is 783. The average molecular weight is 274 g/mol. The van der Waals surface area contributed by atoms with Crippen LogP contribution >= 0.6 is 11.6 Å². The number of carbonyl (C=O) groups excluding carboxylic acids is 1. The van der Waals surface area contributed by atoms with E-state index in [9.17, 15) is 4.79 Å². The molecule has 7 heteroatoms. The Hall–Kier alpha value is -2.47. The zero-order valence-corrected chi connectivity index (χ0v) is 10.4. The van der Waals surface area contributed by atoms with E-state index in [0.29, 0.717) is 22.2 Å². The minimum atomic E-state index is -0.597. The molecule has 3 aromatic rings. The van der Waals surface area contributed by atoms with Crippen molar-refractivity contribution >= 4 is 23.2 Å². The Balaban J connectivity index is 2.24. The lowest BCUT2D eigenvalue weighted by atomic mass is 10.3. The minimum absolute atomic E-state index is 0.161. The van der Waals surface area contributed by atoms with Crippen LogP contribution in [0.4, 0.5) is 0 Å². The molecule has 3 heterocycles. The maximum absolute atomic E-state index is 11.2. The summed E-state index contributed by atoms with van der Waals surface area (Å²) in [6.07, 6.45) is 4.65. The summed E-state index contributed by atoms with van der Waals surface area (Å²) in [6, 6.07) is 5.28. The highest BCUT2D eigenvalue weighted by Crippen LogP contribution is 2.20. The molecule has 94 valence electrons. The quantitative estimate of drug-likeness (QED) is 0.718. The molecule has 19 heavy (non-hydrogen) atoms. The minimum Gasteiger partial charge on any atom is -0.364 e. The van der Waals surface area contributed by atoms with Gasteiger partial charge in [-0.05, 0) is 12.1 Å². The van der Waals surface area contributed by atoms with E-state index in [1.54, 1.807) is 28.8 Å². The Morgan fingerprint density at radius 1 is 1.26 bits per heavy atom. The number of carbonyl (C=O) groups is 1. The number of amides is 1. The van der Waals surface area contributed by atoms with Crippen molar-refractivity contribution in [3.63, 3.8) is 0 Å². The highest BCUT2D eigenvalue weighted by atomic mass is 35.5. The van der Waals surface area contributed by atoms with Crippen LogP contribution in [0.5, 0.6) is 0 Å². The molecule has 0 fully saturated rings. The maximum atomic E-state index is 11.2. The molecule has 0 aliphatic heterocycles. The van der Waals surface area contributed by atoms with Gasteiger partial charge in [0.05, 0.1) is 23.8 Å². The molecular weight excluding hydrogens is 266 g/mol. The number of nitrogens with two attached hydrogens (primary N) is 1. The Morgan fingerprint density at radius 2 is 2.11 bits per heavy atom. The summed E-state index contributed by atoms with van der Waals surface area (Å²) < 4.78 is 1.70. The fourth-order valence-electron chi connectivity index (χ4n) is 1.76. The molecule has 0 aromatic carbocycles. The third kappa shape index (κ3) is 2.02. The molecule has 0 saturated carbocycles. The first-order valence-corrected chi connectivity index (χ1v) is 5.79. The molecule has 6 nitrogen and oxygen atoms in total. The van der Waals surface area contributed by atoms with Crippen molar-refractivity contribution in [2.24, 2.45) is 5.73 Å². The van der Waals surface area contributed by atoms with Crippen LogP contribution in [0.1, 0.15) is 10.5 Å². The second kappa shape index (κ2) is 4.33. The number of pyridine rings is 1. The monoisotopic (exact) mass is 273 g/mol. The van der Waals surface area contributed by atoms with Crippen molar-refractivity contribution in [2.45, 2.75) is 0 Å². The van der Waals surface area contributed by atoms with Crippen LogP contribution < -0.4 is 5.73 Å². The molecule has 3 rings (SSSR count). The smallest absolute Gasteiger partial charge is 0.268 e. The van der Waals surface area contributed by atoms with Crippen LogP contribution in [0, 0.1) is 0 Å². The van der Waals surface area contributed by atoms with Crippen LogP contribution in [0.2, 0.25) is 5.15 Å². The van der Waals surface area contributed by atoms with Gasteiger partial charge in [0.25, 0.3) is 5.91 Å². The van der Waals surface area contributed by atoms with Gasteiger partial charge < -0.3 is 5.73 Å². The van der Waals surface area contributed by atoms with Crippen molar-refractivity contribution in [3.8, 4) is 11.4 Å². The Labute approximate surface area is 112 Å². The average Bonchev–Trinajstić information content (AvgIpc) is 2.81. The van der Waals surface area contributed by atoms with E-state index in [2.05, 4.69) is 15.0 Å². The van der Waals surface area contributed by atoms with Gasteiger partial charge in [-0.2, -0.15) is 0 Å². The second-order valence-corrected chi connectivity index (χ2v) is 4.24. The number of aromatic nitrogens is 4. The first kappa shape index (κ1) is 11.6. The number of fused-ring (bicyclic) bond motifs is 1. The molecule has 0 radical (unpaired) electrons. The molecule has 0 atom stereocenters. The van der Waals surface area contributed by atoms with Gasteiger partial charge in [-0.1, -0.05) is 17.7 Å².